The second-order valence-electron chi connectivity index (χ2n) is 6.70. The Hall–Kier alpha value is -3.43. The summed E-state index contributed by atoms with van der Waals surface area (Å²) in [6.07, 6.45) is -9.65. The maximum absolute atomic E-state index is 13.4. The highest BCUT2D eigenvalue weighted by Crippen LogP contribution is 2.48. The maximum Gasteiger partial charge on any atom is 0.507 e. The molecule has 30 heavy (non-hydrogen) atoms. The van der Waals surface area contributed by atoms with E-state index in [-0.39, 0.29) is 22.7 Å². The minimum atomic E-state index is -4.85. The normalized spacial score (nSPS) is 16.4. The predicted molar refractivity (Wildman–Crippen MR) is 98.3 cm³/mol. The average molecular weight is 425 g/mol. The van der Waals surface area contributed by atoms with Crippen LogP contribution in [-0.2, 0) is 0 Å². The number of rotatable bonds is 3. The van der Waals surface area contributed by atoms with Crippen molar-refractivity contribution in [1.82, 2.24) is 4.98 Å². The lowest BCUT2D eigenvalue weighted by molar-refractivity contribution is -0.391. The van der Waals surface area contributed by atoms with Crippen molar-refractivity contribution in [3.8, 4) is 28.7 Å². The lowest BCUT2D eigenvalue weighted by atomic mass is 10.1. The Morgan fingerprint density at radius 3 is 2.27 bits per heavy atom. The third-order valence-corrected chi connectivity index (χ3v) is 4.73. The zero-order valence-corrected chi connectivity index (χ0v) is 15.9. The molecule has 2 aromatic carbocycles. The smallest absolute Gasteiger partial charge is 0.493 e. The molecule has 6 nitrogen and oxygen atoms in total. The van der Waals surface area contributed by atoms with Gasteiger partial charge in [0.2, 0.25) is 0 Å². The summed E-state index contributed by atoms with van der Waals surface area (Å²) >= 11 is 0. The third kappa shape index (κ3) is 3.08. The first kappa shape index (κ1) is 19.9. The van der Waals surface area contributed by atoms with Gasteiger partial charge in [-0.2, -0.15) is 17.6 Å². The number of aryl methyl sites for hydroxylation is 1. The van der Waals surface area contributed by atoms with Crippen molar-refractivity contribution in [1.29, 1.82) is 0 Å². The molecule has 0 radical (unpaired) electrons. The number of aromatic amines is 1. The largest absolute Gasteiger partial charge is 0.507 e. The fourth-order valence-corrected chi connectivity index (χ4v) is 3.00. The number of benzene rings is 2. The minimum absolute atomic E-state index is 0.0173. The second-order valence-corrected chi connectivity index (χ2v) is 6.70. The van der Waals surface area contributed by atoms with Gasteiger partial charge in [-0.05, 0) is 32.0 Å². The van der Waals surface area contributed by atoms with Crippen LogP contribution in [0, 0.1) is 13.8 Å². The van der Waals surface area contributed by atoms with Crippen LogP contribution in [0.1, 0.15) is 11.3 Å². The quantitative estimate of drug-likeness (QED) is 0.605. The molecule has 3 aromatic rings. The van der Waals surface area contributed by atoms with Crippen molar-refractivity contribution in [3.63, 3.8) is 0 Å². The number of nitrogens with one attached hydrogen (secondary N) is 1. The van der Waals surface area contributed by atoms with Crippen LogP contribution in [0.3, 0.4) is 0 Å². The Balaban J connectivity index is 1.76. The fraction of sp³-hybridized carbons (Fsp3) is 0.250. The number of alkyl halides is 4. The van der Waals surface area contributed by atoms with Crippen molar-refractivity contribution in [2.75, 3.05) is 7.11 Å². The van der Waals surface area contributed by atoms with Crippen molar-refractivity contribution in [2.24, 2.45) is 0 Å². The monoisotopic (exact) mass is 425 g/mol. The molecule has 0 amide bonds. The standard InChI is InChI=1S/C20H15F4NO5/c1-9-10(2)25-13-8-15(27-3)16(7-12(13)18(9)26)28-11-4-5-14-17(6-11)30-20(23,24)19(21,22)29-14/h4-8H,1-3H3,(H,25,26). The number of halogens is 4. The molecule has 1 aliphatic heterocycles. The molecule has 158 valence electrons. The van der Waals surface area contributed by atoms with Crippen LogP contribution in [0.2, 0.25) is 0 Å². The van der Waals surface area contributed by atoms with Crippen molar-refractivity contribution in [2.45, 2.75) is 26.1 Å². The molecule has 0 spiro atoms. The first-order chi connectivity index (χ1) is 14.0. The molecule has 4 rings (SSSR count). The summed E-state index contributed by atoms with van der Waals surface area (Å²) < 4.78 is 72.5. The summed E-state index contributed by atoms with van der Waals surface area (Å²) in [5, 5.41) is 0.331. The van der Waals surface area contributed by atoms with E-state index in [0.717, 1.165) is 12.1 Å². The van der Waals surface area contributed by atoms with Crippen LogP contribution in [0.4, 0.5) is 17.6 Å². The number of ether oxygens (including phenoxy) is 4. The molecule has 0 unspecified atom stereocenters. The second kappa shape index (κ2) is 6.54. The Morgan fingerprint density at radius 2 is 1.60 bits per heavy atom. The van der Waals surface area contributed by atoms with E-state index >= 15 is 0 Å². The van der Waals surface area contributed by atoms with Crippen molar-refractivity contribution >= 4 is 10.9 Å². The van der Waals surface area contributed by atoms with E-state index in [1.807, 2.05) is 0 Å². The highest BCUT2D eigenvalue weighted by Gasteiger charge is 2.65. The zero-order valence-electron chi connectivity index (χ0n) is 15.9. The summed E-state index contributed by atoms with van der Waals surface area (Å²) in [6, 6.07) is 6.23. The molecule has 0 fully saturated rings. The molecule has 1 aliphatic rings. The van der Waals surface area contributed by atoms with E-state index in [9.17, 15) is 22.4 Å². The van der Waals surface area contributed by atoms with Crippen molar-refractivity contribution < 1.29 is 36.5 Å². The van der Waals surface area contributed by atoms with Crippen LogP contribution in [0.15, 0.2) is 35.1 Å². The van der Waals surface area contributed by atoms with Crippen LogP contribution in [0.5, 0.6) is 28.7 Å². The number of H-pyrrole nitrogens is 1. The van der Waals surface area contributed by atoms with E-state index in [1.165, 1.54) is 19.2 Å². The van der Waals surface area contributed by atoms with Gasteiger partial charge >= 0.3 is 12.2 Å². The Bertz CT molecular complexity index is 1220. The van der Waals surface area contributed by atoms with Crippen LogP contribution in [0.25, 0.3) is 10.9 Å². The van der Waals surface area contributed by atoms with Gasteiger partial charge in [0.25, 0.3) is 0 Å². The van der Waals surface area contributed by atoms with Crippen LogP contribution < -0.4 is 24.4 Å². The minimum Gasteiger partial charge on any atom is -0.493 e. The van der Waals surface area contributed by atoms with Gasteiger partial charge in [0.05, 0.1) is 12.6 Å². The molecule has 0 saturated heterocycles. The average Bonchev–Trinajstić information content (AvgIpc) is 2.67. The van der Waals surface area contributed by atoms with Crippen molar-refractivity contribution in [3.05, 3.63) is 51.8 Å². The van der Waals surface area contributed by atoms with Gasteiger partial charge < -0.3 is 23.9 Å². The van der Waals surface area contributed by atoms with E-state index in [2.05, 4.69) is 14.5 Å². The zero-order chi connectivity index (χ0) is 21.8. The van der Waals surface area contributed by atoms with Gasteiger partial charge in [0.1, 0.15) is 5.75 Å². The van der Waals surface area contributed by atoms with Gasteiger partial charge in [-0.1, -0.05) is 0 Å². The Morgan fingerprint density at radius 1 is 0.933 bits per heavy atom. The molecule has 0 saturated carbocycles. The summed E-state index contributed by atoms with van der Waals surface area (Å²) in [5.74, 6) is -0.823. The lowest BCUT2D eigenvalue weighted by Crippen LogP contribution is -2.52. The van der Waals surface area contributed by atoms with Gasteiger partial charge in [-0.25, -0.2) is 0 Å². The first-order valence-electron chi connectivity index (χ1n) is 8.69. The Labute approximate surface area is 166 Å². The van der Waals surface area contributed by atoms with Gasteiger partial charge in [0, 0.05) is 28.8 Å². The van der Waals surface area contributed by atoms with E-state index in [4.69, 9.17) is 9.47 Å². The maximum atomic E-state index is 13.4. The highest BCUT2D eigenvalue weighted by molar-refractivity contribution is 5.83. The number of hydrogen-bond acceptors (Lipinski definition) is 5. The number of aromatic nitrogens is 1. The molecule has 10 heteroatoms. The topological polar surface area (TPSA) is 69.8 Å². The molecule has 0 aliphatic carbocycles. The number of hydrogen-bond donors (Lipinski definition) is 1. The van der Waals surface area contributed by atoms with Gasteiger partial charge in [-0.3, -0.25) is 4.79 Å². The van der Waals surface area contributed by atoms with E-state index < -0.39 is 23.7 Å². The molecule has 1 aromatic heterocycles. The lowest BCUT2D eigenvalue weighted by Gasteiger charge is -2.31. The first-order valence-corrected chi connectivity index (χ1v) is 8.69. The molecular weight excluding hydrogens is 410 g/mol. The molecule has 0 bridgehead atoms. The SMILES string of the molecule is COc1cc2[nH]c(C)c(C)c(=O)c2cc1Oc1ccc2c(c1)OC(F)(F)C(F)(F)O2. The fourth-order valence-electron chi connectivity index (χ4n) is 3.00. The predicted octanol–water partition coefficient (Wildman–Crippen LogP) is 4.90. The number of methoxy groups -OCH3 is 1. The van der Waals surface area contributed by atoms with Crippen LogP contribution in [-0.4, -0.2) is 24.3 Å². The Kier molecular flexibility index (Phi) is 4.33. The molecule has 1 N–H and O–H groups in total. The van der Waals surface area contributed by atoms with Gasteiger partial charge in [-0.15, -0.1) is 0 Å². The van der Waals surface area contributed by atoms with E-state index in [0.29, 0.717) is 22.2 Å². The molecule has 2 heterocycles. The molecular formula is C20H15F4NO5. The van der Waals surface area contributed by atoms with E-state index in [1.54, 1.807) is 19.9 Å². The summed E-state index contributed by atoms with van der Waals surface area (Å²) in [6.45, 7) is 3.44. The number of fused-ring (bicyclic) bond motifs is 2. The summed E-state index contributed by atoms with van der Waals surface area (Å²) in [4.78, 5) is 15.7. The third-order valence-electron chi connectivity index (χ3n) is 4.73. The summed E-state index contributed by atoms with van der Waals surface area (Å²) in [7, 11) is 1.39. The highest BCUT2D eigenvalue weighted by atomic mass is 19.3. The van der Waals surface area contributed by atoms with Gasteiger partial charge in [0.15, 0.2) is 28.4 Å². The van der Waals surface area contributed by atoms with Crippen LogP contribution >= 0.6 is 0 Å². The molecule has 0 atom stereocenters. The summed E-state index contributed by atoms with van der Waals surface area (Å²) in [5.41, 5.74) is 1.54. The number of pyridine rings is 1.